The molecular weight excluding hydrogens is 279 g/mol. The van der Waals surface area contributed by atoms with Crippen molar-refractivity contribution in [1.29, 1.82) is 0 Å². The summed E-state index contributed by atoms with van der Waals surface area (Å²) in [6.07, 6.45) is 4.43. The first-order valence-corrected chi connectivity index (χ1v) is 7.10. The summed E-state index contributed by atoms with van der Waals surface area (Å²) in [6, 6.07) is 4.28. The van der Waals surface area contributed by atoms with Crippen molar-refractivity contribution in [1.82, 2.24) is 5.16 Å². The largest absolute Gasteiger partial charge is 0.367 e. The van der Waals surface area contributed by atoms with E-state index in [1.165, 1.54) is 25.0 Å². The third-order valence-electron chi connectivity index (χ3n) is 4.20. The second-order valence-electron chi connectivity index (χ2n) is 5.66. The number of rotatable bonds is 2. The van der Waals surface area contributed by atoms with Gasteiger partial charge in [0.15, 0.2) is 0 Å². The Hall–Kier alpha value is -1.55. The lowest BCUT2D eigenvalue weighted by molar-refractivity contribution is 0.386. The molecule has 0 atom stereocenters. The van der Waals surface area contributed by atoms with Gasteiger partial charge in [0.2, 0.25) is 5.88 Å². The van der Waals surface area contributed by atoms with E-state index in [0.29, 0.717) is 16.1 Å². The minimum atomic E-state index is -0.373. The molecule has 20 heavy (non-hydrogen) atoms. The van der Waals surface area contributed by atoms with Crippen LogP contribution in [0.4, 0.5) is 10.3 Å². The molecule has 106 valence electrons. The van der Waals surface area contributed by atoms with E-state index in [1.807, 2.05) is 0 Å². The van der Waals surface area contributed by atoms with Gasteiger partial charge in [0.05, 0.1) is 16.3 Å². The molecule has 1 fully saturated rings. The Bertz CT molecular complexity index is 647. The number of hydrogen-bond donors (Lipinski definition) is 1. The van der Waals surface area contributed by atoms with Gasteiger partial charge in [-0.1, -0.05) is 36.5 Å². The number of halogens is 2. The maximum Gasteiger partial charge on any atom is 0.230 e. The van der Waals surface area contributed by atoms with Gasteiger partial charge in [-0.2, -0.15) is 0 Å². The number of nitrogen functional groups attached to an aromatic ring is 1. The zero-order valence-corrected chi connectivity index (χ0v) is 12.0. The van der Waals surface area contributed by atoms with Crippen LogP contribution in [0.1, 0.15) is 38.3 Å². The standard InChI is InChI=1S/C15H16ClFN2O/c1-15(6-2-3-7-15)13-12(14(18)20-19-13)10-5-4-9(17)8-11(10)16/h4-5,8H,2-3,6-7,18H2,1H3. The van der Waals surface area contributed by atoms with Crippen LogP contribution in [-0.4, -0.2) is 5.16 Å². The number of nitrogens with zero attached hydrogens (tertiary/aromatic N) is 1. The molecule has 5 heteroatoms. The van der Waals surface area contributed by atoms with Gasteiger partial charge < -0.3 is 10.3 Å². The first-order chi connectivity index (χ1) is 9.51. The molecule has 0 spiro atoms. The molecule has 0 bridgehead atoms. The molecule has 1 aromatic carbocycles. The maximum absolute atomic E-state index is 13.2. The van der Waals surface area contributed by atoms with Gasteiger partial charge in [-0.15, -0.1) is 0 Å². The van der Waals surface area contributed by atoms with Gasteiger partial charge in [-0.3, -0.25) is 0 Å². The zero-order chi connectivity index (χ0) is 14.3. The van der Waals surface area contributed by atoms with Crippen molar-refractivity contribution in [2.45, 2.75) is 38.0 Å². The Balaban J connectivity index is 2.16. The van der Waals surface area contributed by atoms with E-state index in [0.717, 1.165) is 18.5 Å². The molecule has 0 saturated heterocycles. The number of aromatic nitrogens is 1. The van der Waals surface area contributed by atoms with Crippen molar-refractivity contribution in [3.05, 3.63) is 34.7 Å². The average molecular weight is 295 g/mol. The number of hydrogen-bond acceptors (Lipinski definition) is 3. The highest BCUT2D eigenvalue weighted by Crippen LogP contribution is 2.46. The molecule has 3 rings (SSSR count). The molecule has 1 aromatic heterocycles. The molecule has 1 saturated carbocycles. The third kappa shape index (κ3) is 2.08. The van der Waals surface area contributed by atoms with Crippen LogP contribution in [0.3, 0.4) is 0 Å². The number of anilines is 1. The molecule has 3 nitrogen and oxygen atoms in total. The van der Waals surface area contributed by atoms with Crippen LogP contribution in [0.5, 0.6) is 0 Å². The molecule has 2 aromatic rings. The van der Waals surface area contributed by atoms with E-state index >= 15 is 0 Å². The van der Waals surface area contributed by atoms with Gasteiger partial charge in [0, 0.05) is 11.0 Å². The lowest BCUT2D eigenvalue weighted by Gasteiger charge is -2.22. The summed E-state index contributed by atoms with van der Waals surface area (Å²) in [6.45, 7) is 2.16. The SMILES string of the molecule is CC1(c2noc(N)c2-c2ccc(F)cc2Cl)CCCC1. The maximum atomic E-state index is 13.2. The summed E-state index contributed by atoms with van der Waals surface area (Å²) in [5.74, 6) is -0.135. The van der Waals surface area contributed by atoms with E-state index in [-0.39, 0.29) is 17.1 Å². The van der Waals surface area contributed by atoms with Crippen molar-refractivity contribution < 1.29 is 8.91 Å². The van der Waals surface area contributed by atoms with Gasteiger partial charge >= 0.3 is 0 Å². The summed E-state index contributed by atoms with van der Waals surface area (Å²) >= 11 is 6.15. The Morgan fingerprint density at radius 2 is 2.05 bits per heavy atom. The normalized spacial score (nSPS) is 17.6. The summed E-state index contributed by atoms with van der Waals surface area (Å²) in [7, 11) is 0. The van der Waals surface area contributed by atoms with Crippen LogP contribution in [0, 0.1) is 5.82 Å². The molecule has 0 unspecified atom stereocenters. The highest BCUT2D eigenvalue weighted by molar-refractivity contribution is 6.33. The van der Waals surface area contributed by atoms with Crippen molar-refractivity contribution in [3.8, 4) is 11.1 Å². The van der Waals surface area contributed by atoms with E-state index in [1.54, 1.807) is 6.07 Å². The Kier molecular flexibility index (Phi) is 3.21. The molecule has 0 amide bonds. The minimum Gasteiger partial charge on any atom is -0.367 e. The van der Waals surface area contributed by atoms with Crippen LogP contribution < -0.4 is 5.73 Å². The van der Waals surface area contributed by atoms with E-state index in [9.17, 15) is 4.39 Å². The molecule has 2 N–H and O–H groups in total. The average Bonchev–Trinajstić information content (AvgIpc) is 2.98. The van der Waals surface area contributed by atoms with Crippen LogP contribution in [0.15, 0.2) is 22.7 Å². The van der Waals surface area contributed by atoms with Crippen LogP contribution >= 0.6 is 11.6 Å². The summed E-state index contributed by atoms with van der Waals surface area (Å²) in [5.41, 5.74) is 8.10. The zero-order valence-electron chi connectivity index (χ0n) is 11.2. The first-order valence-electron chi connectivity index (χ1n) is 6.72. The van der Waals surface area contributed by atoms with Crippen molar-refractivity contribution in [3.63, 3.8) is 0 Å². The number of nitrogens with two attached hydrogens (primary N) is 1. The first kappa shape index (κ1) is 13.4. The van der Waals surface area contributed by atoms with Gasteiger partial charge in [-0.25, -0.2) is 4.39 Å². The lowest BCUT2D eigenvalue weighted by atomic mass is 9.81. The fourth-order valence-electron chi connectivity index (χ4n) is 3.06. The van der Waals surface area contributed by atoms with Crippen molar-refractivity contribution in [2.24, 2.45) is 0 Å². The second-order valence-corrected chi connectivity index (χ2v) is 6.07. The monoisotopic (exact) mass is 294 g/mol. The summed E-state index contributed by atoms with van der Waals surface area (Å²) in [5, 5.41) is 4.48. The van der Waals surface area contributed by atoms with E-state index in [2.05, 4.69) is 12.1 Å². The lowest BCUT2D eigenvalue weighted by Crippen LogP contribution is -2.18. The van der Waals surface area contributed by atoms with Gasteiger partial charge in [-0.05, 0) is 31.0 Å². The van der Waals surface area contributed by atoms with Crippen molar-refractivity contribution in [2.75, 3.05) is 5.73 Å². The summed E-state index contributed by atoms with van der Waals surface area (Å²) < 4.78 is 18.4. The predicted molar refractivity (Wildman–Crippen MR) is 77.1 cm³/mol. The van der Waals surface area contributed by atoms with Gasteiger partial charge in [0.1, 0.15) is 5.82 Å². The minimum absolute atomic E-state index is 0.0475. The Morgan fingerprint density at radius 1 is 1.35 bits per heavy atom. The van der Waals surface area contributed by atoms with Gasteiger partial charge in [0.25, 0.3) is 0 Å². The van der Waals surface area contributed by atoms with Crippen LogP contribution in [-0.2, 0) is 5.41 Å². The molecule has 0 aliphatic heterocycles. The molecule has 0 radical (unpaired) electrons. The topological polar surface area (TPSA) is 52.0 Å². The summed E-state index contributed by atoms with van der Waals surface area (Å²) in [4.78, 5) is 0. The Labute approximate surface area is 121 Å². The van der Waals surface area contributed by atoms with Crippen LogP contribution in [0.25, 0.3) is 11.1 Å². The highest BCUT2D eigenvalue weighted by Gasteiger charge is 2.37. The fraction of sp³-hybridized carbons (Fsp3) is 0.400. The van der Waals surface area contributed by atoms with E-state index < -0.39 is 0 Å². The fourth-order valence-corrected chi connectivity index (χ4v) is 3.32. The van der Waals surface area contributed by atoms with E-state index in [4.69, 9.17) is 21.9 Å². The molecule has 1 aliphatic carbocycles. The smallest absolute Gasteiger partial charge is 0.230 e. The molecule has 1 aliphatic rings. The Morgan fingerprint density at radius 3 is 2.70 bits per heavy atom. The predicted octanol–water partition coefficient (Wildman–Crippen LogP) is 4.55. The second kappa shape index (κ2) is 4.77. The van der Waals surface area contributed by atoms with Crippen molar-refractivity contribution >= 4 is 17.5 Å². The quantitative estimate of drug-likeness (QED) is 0.884. The third-order valence-corrected chi connectivity index (χ3v) is 4.51. The van der Waals surface area contributed by atoms with Crippen LogP contribution in [0.2, 0.25) is 5.02 Å². The molecular formula is C15H16ClFN2O. The number of benzene rings is 1. The molecule has 1 heterocycles. The highest BCUT2D eigenvalue weighted by atomic mass is 35.5.